The number of aromatic nitrogens is 2. The molecule has 2 aromatic heterocycles. The lowest BCUT2D eigenvalue weighted by atomic mass is 9.99. The van der Waals surface area contributed by atoms with E-state index in [4.69, 9.17) is 4.74 Å². The van der Waals surface area contributed by atoms with Crippen molar-refractivity contribution in [2.24, 2.45) is 0 Å². The van der Waals surface area contributed by atoms with Crippen molar-refractivity contribution in [1.29, 1.82) is 0 Å². The number of nitrogens with zero attached hydrogens (tertiary/aromatic N) is 2. The zero-order valence-electron chi connectivity index (χ0n) is 13.5. The lowest BCUT2D eigenvalue weighted by molar-refractivity contribution is -0.137. The first-order valence-corrected chi connectivity index (χ1v) is 7.74. The Morgan fingerprint density at radius 1 is 1.08 bits per heavy atom. The van der Waals surface area contributed by atoms with Crippen molar-refractivity contribution in [2.45, 2.75) is 13.3 Å². The summed E-state index contributed by atoms with van der Waals surface area (Å²) in [5, 5.41) is 0. The lowest BCUT2D eigenvalue weighted by Gasteiger charge is -2.08. The summed E-state index contributed by atoms with van der Waals surface area (Å²) in [5.41, 5.74) is 5.72. The molecular weight excluding hydrogens is 300 g/mol. The van der Waals surface area contributed by atoms with E-state index in [1.807, 2.05) is 31.2 Å². The fraction of sp³-hybridized carbons (Fsp3) is 0.150. The molecule has 4 nitrogen and oxygen atoms in total. The largest absolute Gasteiger partial charge is 0.458 e. The minimum absolute atomic E-state index is 0.198. The number of ether oxygens (including phenoxy) is 1. The van der Waals surface area contributed by atoms with E-state index in [2.05, 4.69) is 16.5 Å². The van der Waals surface area contributed by atoms with Crippen LogP contribution >= 0.6 is 0 Å². The minimum Gasteiger partial charge on any atom is -0.458 e. The molecule has 0 atom stereocenters. The Hall–Kier alpha value is -3.01. The van der Waals surface area contributed by atoms with Crippen LogP contribution in [0.2, 0.25) is 0 Å². The summed E-state index contributed by atoms with van der Waals surface area (Å²) in [5.74, 6) is -0.316. The fourth-order valence-corrected chi connectivity index (χ4v) is 2.93. The summed E-state index contributed by atoms with van der Waals surface area (Å²) in [6.07, 6.45) is 9.23. The third-order valence-corrected chi connectivity index (χ3v) is 4.08. The highest BCUT2D eigenvalue weighted by atomic mass is 16.5. The number of carbonyl (C=O) groups excluding carboxylic acids is 1. The van der Waals surface area contributed by atoms with Gasteiger partial charge in [0.25, 0.3) is 0 Å². The van der Waals surface area contributed by atoms with Gasteiger partial charge in [0.2, 0.25) is 0 Å². The predicted molar refractivity (Wildman–Crippen MR) is 93.8 cm³/mol. The Morgan fingerprint density at radius 2 is 1.62 bits per heavy atom. The van der Waals surface area contributed by atoms with Crippen LogP contribution in [0.4, 0.5) is 0 Å². The van der Waals surface area contributed by atoms with Gasteiger partial charge in [-0.2, -0.15) is 0 Å². The fourth-order valence-electron chi connectivity index (χ4n) is 2.93. The summed E-state index contributed by atoms with van der Waals surface area (Å²) in [6, 6.07) is 7.75. The number of rotatable bonds is 5. The number of pyridine rings is 2. The highest BCUT2D eigenvalue weighted by Gasteiger charge is 2.29. The van der Waals surface area contributed by atoms with Crippen LogP contribution in [0.15, 0.2) is 72.9 Å². The summed E-state index contributed by atoms with van der Waals surface area (Å²) in [4.78, 5) is 20.7. The van der Waals surface area contributed by atoms with Crippen LogP contribution in [0, 0.1) is 0 Å². The van der Waals surface area contributed by atoms with Gasteiger partial charge < -0.3 is 4.74 Å². The number of esters is 1. The molecule has 0 saturated carbocycles. The first-order valence-electron chi connectivity index (χ1n) is 7.74. The van der Waals surface area contributed by atoms with Crippen LogP contribution in [0.5, 0.6) is 0 Å². The van der Waals surface area contributed by atoms with Crippen molar-refractivity contribution in [3.8, 4) is 0 Å². The average Bonchev–Trinajstić information content (AvgIpc) is 2.98. The molecule has 0 aromatic carbocycles. The highest BCUT2D eigenvalue weighted by Crippen LogP contribution is 2.43. The van der Waals surface area contributed by atoms with E-state index in [0.717, 1.165) is 27.8 Å². The van der Waals surface area contributed by atoms with Gasteiger partial charge in [-0.3, -0.25) is 9.97 Å². The normalized spacial score (nSPS) is 14.0. The standard InChI is InChI=1S/C20H18N2O2/c1-3-12-24-20(23)19-14(2)17(15-4-8-21-9-5-15)13-18(19)16-6-10-22-11-7-16/h3-11H,1,12-13H2,2H3. The summed E-state index contributed by atoms with van der Waals surface area (Å²) in [7, 11) is 0. The molecule has 0 N–H and O–H groups in total. The number of allylic oxidation sites excluding steroid dienone is 2. The minimum atomic E-state index is -0.316. The van der Waals surface area contributed by atoms with Gasteiger partial charge in [-0.05, 0) is 65.5 Å². The molecule has 0 bridgehead atoms. The van der Waals surface area contributed by atoms with Gasteiger partial charge in [0.15, 0.2) is 0 Å². The van der Waals surface area contributed by atoms with E-state index >= 15 is 0 Å². The van der Waals surface area contributed by atoms with Crippen molar-refractivity contribution < 1.29 is 9.53 Å². The van der Waals surface area contributed by atoms with Crippen LogP contribution in [-0.4, -0.2) is 22.5 Å². The van der Waals surface area contributed by atoms with E-state index in [1.165, 1.54) is 0 Å². The molecule has 0 radical (unpaired) electrons. The van der Waals surface area contributed by atoms with E-state index in [0.29, 0.717) is 12.0 Å². The molecule has 1 aliphatic carbocycles. The second-order valence-corrected chi connectivity index (χ2v) is 5.49. The smallest absolute Gasteiger partial charge is 0.339 e. The predicted octanol–water partition coefficient (Wildman–Crippen LogP) is 3.84. The number of carbonyl (C=O) groups is 1. The molecule has 0 spiro atoms. The van der Waals surface area contributed by atoms with E-state index in [1.54, 1.807) is 30.9 Å². The Labute approximate surface area is 141 Å². The molecule has 0 saturated heterocycles. The quantitative estimate of drug-likeness (QED) is 0.621. The molecular formula is C20H18N2O2. The Bertz CT molecular complexity index is 821. The van der Waals surface area contributed by atoms with Gasteiger partial charge in [0.1, 0.15) is 6.61 Å². The summed E-state index contributed by atoms with van der Waals surface area (Å²) < 4.78 is 5.30. The van der Waals surface area contributed by atoms with Crippen molar-refractivity contribution in [1.82, 2.24) is 9.97 Å². The first-order chi connectivity index (χ1) is 11.7. The Balaban J connectivity index is 2.06. The first kappa shape index (κ1) is 15.9. The molecule has 120 valence electrons. The van der Waals surface area contributed by atoms with E-state index in [-0.39, 0.29) is 12.6 Å². The van der Waals surface area contributed by atoms with Gasteiger partial charge in [-0.25, -0.2) is 4.79 Å². The van der Waals surface area contributed by atoms with Crippen molar-refractivity contribution >= 4 is 17.1 Å². The van der Waals surface area contributed by atoms with Gasteiger partial charge in [-0.15, -0.1) is 0 Å². The van der Waals surface area contributed by atoms with Crippen molar-refractivity contribution in [3.63, 3.8) is 0 Å². The van der Waals surface area contributed by atoms with E-state index in [9.17, 15) is 4.79 Å². The van der Waals surface area contributed by atoms with Gasteiger partial charge in [0.05, 0.1) is 5.57 Å². The van der Waals surface area contributed by atoms with Crippen molar-refractivity contribution in [2.75, 3.05) is 6.61 Å². The van der Waals surface area contributed by atoms with Gasteiger partial charge in [-0.1, -0.05) is 12.7 Å². The maximum Gasteiger partial charge on any atom is 0.339 e. The third kappa shape index (κ3) is 3.04. The zero-order chi connectivity index (χ0) is 16.9. The monoisotopic (exact) mass is 318 g/mol. The molecule has 2 heterocycles. The molecule has 0 fully saturated rings. The van der Waals surface area contributed by atoms with Crippen LogP contribution < -0.4 is 0 Å². The molecule has 4 heteroatoms. The number of hydrogen-bond donors (Lipinski definition) is 0. The molecule has 3 rings (SSSR count). The highest BCUT2D eigenvalue weighted by molar-refractivity contribution is 6.09. The average molecular weight is 318 g/mol. The molecule has 24 heavy (non-hydrogen) atoms. The van der Waals surface area contributed by atoms with Gasteiger partial charge in [0, 0.05) is 24.8 Å². The van der Waals surface area contributed by atoms with Crippen LogP contribution in [0.3, 0.4) is 0 Å². The lowest BCUT2D eigenvalue weighted by Crippen LogP contribution is -2.09. The maximum atomic E-state index is 12.6. The number of hydrogen-bond acceptors (Lipinski definition) is 4. The summed E-state index contributed by atoms with van der Waals surface area (Å²) >= 11 is 0. The second-order valence-electron chi connectivity index (χ2n) is 5.49. The molecule has 1 aliphatic rings. The third-order valence-electron chi connectivity index (χ3n) is 4.08. The molecule has 0 amide bonds. The van der Waals surface area contributed by atoms with Crippen LogP contribution in [-0.2, 0) is 9.53 Å². The van der Waals surface area contributed by atoms with Crippen LogP contribution in [0.25, 0.3) is 11.1 Å². The zero-order valence-corrected chi connectivity index (χ0v) is 13.5. The maximum absolute atomic E-state index is 12.6. The molecule has 2 aromatic rings. The molecule has 0 unspecified atom stereocenters. The van der Waals surface area contributed by atoms with Crippen LogP contribution in [0.1, 0.15) is 24.5 Å². The SMILES string of the molecule is C=CCOC(=O)C1=C(c2ccncc2)CC(c2ccncc2)=C1C. The second kappa shape index (κ2) is 7.04. The Morgan fingerprint density at radius 3 is 2.17 bits per heavy atom. The molecule has 0 aliphatic heterocycles. The van der Waals surface area contributed by atoms with Gasteiger partial charge >= 0.3 is 5.97 Å². The topological polar surface area (TPSA) is 52.1 Å². The van der Waals surface area contributed by atoms with Crippen molar-refractivity contribution in [3.05, 3.63) is 84.0 Å². The summed E-state index contributed by atoms with van der Waals surface area (Å²) in [6.45, 7) is 5.76. The van der Waals surface area contributed by atoms with E-state index < -0.39 is 0 Å². The Kier molecular flexibility index (Phi) is 4.66.